The van der Waals surface area contributed by atoms with Gasteiger partial charge in [-0.1, -0.05) is 19.3 Å². The lowest BCUT2D eigenvalue weighted by Gasteiger charge is -2.23. The van der Waals surface area contributed by atoms with E-state index >= 15 is 0 Å². The highest BCUT2D eigenvalue weighted by Crippen LogP contribution is 2.17. The van der Waals surface area contributed by atoms with E-state index in [1.807, 2.05) is 0 Å². The van der Waals surface area contributed by atoms with Gasteiger partial charge in [-0.15, -0.1) is 12.4 Å². The molecule has 0 spiro atoms. The van der Waals surface area contributed by atoms with Crippen molar-refractivity contribution < 1.29 is 9.59 Å². The summed E-state index contributed by atoms with van der Waals surface area (Å²) in [4.78, 5) is 25.7. The second-order valence-corrected chi connectivity index (χ2v) is 5.74. The van der Waals surface area contributed by atoms with Crippen LogP contribution in [0.2, 0.25) is 0 Å². The Balaban J connectivity index is 0.00000220. The Labute approximate surface area is 132 Å². The molecule has 3 amide bonds. The van der Waals surface area contributed by atoms with Crippen molar-refractivity contribution in [2.45, 2.75) is 44.6 Å². The molecule has 0 aromatic carbocycles. The molecule has 2 fully saturated rings. The minimum atomic E-state index is -0.338. The van der Waals surface area contributed by atoms with Gasteiger partial charge >= 0.3 is 6.03 Å². The van der Waals surface area contributed by atoms with Crippen molar-refractivity contribution in [1.82, 2.24) is 20.9 Å². The minimum absolute atomic E-state index is 0. The average Bonchev–Trinajstić information content (AvgIpc) is 2.68. The summed E-state index contributed by atoms with van der Waals surface area (Å²) in [6, 6.07) is -0.103. The van der Waals surface area contributed by atoms with E-state index in [-0.39, 0.29) is 30.4 Å². The van der Waals surface area contributed by atoms with Crippen LogP contribution in [0.3, 0.4) is 0 Å². The number of rotatable bonds is 3. The first-order valence-corrected chi connectivity index (χ1v) is 7.77. The van der Waals surface area contributed by atoms with Crippen molar-refractivity contribution in [3.05, 3.63) is 0 Å². The highest BCUT2D eigenvalue weighted by atomic mass is 35.5. The van der Waals surface area contributed by atoms with Gasteiger partial charge in [-0.25, -0.2) is 4.79 Å². The van der Waals surface area contributed by atoms with Gasteiger partial charge in [-0.3, -0.25) is 15.0 Å². The predicted octanol–water partition coefficient (Wildman–Crippen LogP) is 0.862. The monoisotopic (exact) mass is 318 g/mol. The van der Waals surface area contributed by atoms with Gasteiger partial charge in [0.2, 0.25) is 5.91 Å². The molecule has 7 heteroatoms. The van der Waals surface area contributed by atoms with E-state index in [4.69, 9.17) is 0 Å². The number of amides is 3. The third kappa shape index (κ3) is 7.11. The molecule has 0 aromatic heterocycles. The SMILES string of the molecule is Cl.O=C(CN1CCCNCC1)NC(=O)NC1CCCCC1. The number of nitrogens with one attached hydrogen (secondary N) is 3. The molecule has 1 saturated heterocycles. The smallest absolute Gasteiger partial charge is 0.321 e. The van der Waals surface area contributed by atoms with E-state index in [0.29, 0.717) is 6.54 Å². The summed E-state index contributed by atoms with van der Waals surface area (Å²) in [6.07, 6.45) is 6.68. The number of hydrogen-bond donors (Lipinski definition) is 3. The van der Waals surface area contributed by atoms with Crippen molar-refractivity contribution in [2.75, 3.05) is 32.7 Å². The summed E-state index contributed by atoms with van der Waals surface area (Å²) in [6.45, 7) is 3.98. The molecule has 0 radical (unpaired) electrons. The third-order valence-electron chi connectivity index (χ3n) is 3.99. The fourth-order valence-electron chi connectivity index (χ4n) is 2.90. The van der Waals surface area contributed by atoms with E-state index in [1.54, 1.807) is 0 Å². The van der Waals surface area contributed by atoms with Gasteiger partial charge in [0, 0.05) is 19.1 Å². The summed E-state index contributed by atoms with van der Waals surface area (Å²) in [7, 11) is 0. The summed E-state index contributed by atoms with van der Waals surface area (Å²) in [5, 5.41) is 8.63. The number of carbonyl (C=O) groups is 2. The predicted molar refractivity (Wildman–Crippen MR) is 84.7 cm³/mol. The van der Waals surface area contributed by atoms with E-state index in [2.05, 4.69) is 20.9 Å². The first kappa shape index (κ1) is 18.2. The second kappa shape index (κ2) is 9.97. The van der Waals surface area contributed by atoms with Gasteiger partial charge in [-0.05, 0) is 32.4 Å². The normalized spacial score (nSPS) is 21.0. The Hall–Kier alpha value is -0.850. The Kier molecular flexibility index (Phi) is 8.64. The molecule has 1 aliphatic heterocycles. The fourth-order valence-corrected chi connectivity index (χ4v) is 2.90. The summed E-state index contributed by atoms with van der Waals surface area (Å²) < 4.78 is 0. The van der Waals surface area contributed by atoms with Crippen LogP contribution >= 0.6 is 12.4 Å². The van der Waals surface area contributed by atoms with Crippen molar-refractivity contribution in [2.24, 2.45) is 0 Å². The first-order valence-electron chi connectivity index (χ1n) is 7.77. The van der Waals surface area contributed by atoms with Crippen LogP contribution in [-0.2, 0) is 4.79 Å². The molecule has 21 heavy (non-hydrogen) atoms. The van der Waals surface area contributed by atoms with Crippen LogP contribution in [0.5, 0.6) is 0 Å². The fraction of sp³-hybridized carbons (Fsp3) is 0.857. The van der Waals surface area contributed by atoms with Crippen LogP contribution in [0.15, 0.2) is 0 Å². The van der Waals surface area contributed by atoms with E-state index < -0.39 is 0 Å². The molecule has 122 valence electrons. The Morgan fingerprint density at radius 1 is 1.05 bits per heavy atom. The molecule has 1 heterocycles. The summed E-state index contributed by atoms with van der Waals surface area (Å²) in [5.41, 5.74) is 0. The van der Waals surface area contributed by atoms with Crippen LogP contribution in [0.4, 0.5) is 4.79 Å². The van der Waals surface area contributed by atoms with Crippen molar-refractivity contribution in [3.63, 3.8) is 0 Å². The molecule has 6 nitrogen and oxygen atoms in total. The minimum Gasteiger partial charge on any atom is -0.335 e. The molecule has 2 aliphatic rings. The zero-order valence-corrected chi connectivity index (χ0v) is 13.3. The van der Waals surface area contributed by atoms with Gasteiger partial charge in [0.15, 0.2) is 0 Å². The van der Waals surface area contributed by atoms with Gasteiger partial charge in [0.1, 0.15) is 0 Å². The molecular weight excluding hydrogens is 292 g/mol. The first-order chi connectivity index (χ1) is 9.74. The van der Waals surface area contributed by atoms with E-state index in [1.165, 1.54) is 19.3 Å². The molecule has 0 atom stereocenters. The van der Waals surface area contributed by atoms with E-state index in [0.717, 1.165) is 45.4 Å². The van der Waals surface area contributed by atoms with Gasteiger partial charge < -0.3 is 10.6 Å². The van der Waals surface area contributed by atoms with Crippen LogP contribution in [0, 0.1) is 0 Å². The lowest BCUT2D eigenvalue weighted by atomic mass is 9.96. The van der Waals surface area contributed by atoms with Crippen LogP contribution < -0.4 is 16.0 Å². The summed E-state index contributed by atoms with van der Waals surface area (Å²) >= 11 is 0. The standard InChI is InChI=1S/C14H26N4O2.ClH/c19-13(11-18-9-4-7-15-8-10-18)17-14(20)16-12-5-2-1-3-6-12;/h12,15H,1-11H2,(H2,16,17,19,20);1H. The molecule has 1 aliphatic carbocycles. The maximum atomic E-state index is 11.8. The van der Waals surface area contributed by atoms with Crippen LogP contribution in [0.25, 0.3) is 0 Å². The molecule has 0 unspecified atom stereocenters. The number of hydrogen-bond acceptors (Lipinski definition) is 4. The lowest BCUT2D eigenvalue weighted by Crippen LogP contribution is -2.48. The highest BCUT2D eigenvalue weighted by molar-refractivity contribution is 5.95. The number of nitrogens with zero attached hydrogens (tertiary/aromatic N) is 1. The van der Waals surface area contributed by atoms with Gasteiger partial charge in [0.05, 0.1) is 6.54 Å². The van der Waals surface area contributed by atoms with Crippen molar-refractivity contribution >= 4 is 24.3 Å². The lowest BCUT2D eigenvalue weighted by molar-refractivity contribution is -0.121. The second-order valence-electron chi connectivity index (χ2n) is 5.74. The Bertz CT molecular complexity index is 327. The third-order valence-corrected chi connectivity index (χ3v) is 3.99. The molecular formula is C14H27ClN4O2. The average molecular weight is 319 g/mol. The largest absolute Gasteiger partial charge is 0.335 e. The topological polar surface area (TPSA) is 73.5 Å². The molecule has 1 saturated carbocycles. The number of carbonyl (C=O) groups excluding carboxylic acids is 2. The maximum Gasteiger partial charge on any atom is 0.321 e. The van der Waals surface area contributed by atoms with Crippen LogP contribution in [0.1, 0.15) is 38.5 Å². The Morgan fingerprint density at radius 3 is 2.57 bits per heavy atom. The van der Waals surface area contributed by atoms with Crippen molar-refractivity contribution in [1.29, 1.82) is 0 Å². The Morgan fingerprint density at radius 2 is 1.81 bits per heavy atom. The number of urea groups is 1. The van der Waals surface area contributed by atoms with Gasteiger partial charge in [-0.2, -0.15) is 0 Å². The quantitative estimate of drug-likeness (QED) is 0.721. The number of imide groups is 1. The molecule has 0 aromatic rings. The highest BCUT2D eigenvalue weighted by Gasteiger charge is 2.18. The summed E-state index contributed by atoms with van der Waals surface area (Å²) in [5.74, 6) is -0.208. The van der Waals surface area contributed by atoms with E-state index in [9.17, 15) is 9.59 Å². The van der Waals surface area contributed by atoms with Gasteiger partial charge in [0.25, 0.3) is 0 Å². The zero-order valence-electron chi connectivity index (χ0n) is 12.5. The van der Waals surface area contributed by atoms with Crippen molar-refractivity contribution in [3.8, 4) is 0 Å². The molecule has 0 bridgehead atoms. The number of halogens is 1. The maximum absolute atomic E-state index is 11.8. The van der Waals surface area contributed by atoms with Crippen LogP contribution in [-0.4, -0.2) is 55.6 Å². The molecule has 2 rings (SSSR count). The zero-order chi connectivity index (χ0) is 14.2. The molecule has 3 N–H and O–H groups in total.